The molecule has 112 valence electrons. The second-order valence-corrected chi connectivity index (χ2v) is 3.82. The molecule has 1 atom stereocenters. The third-order valence-corrected chi connectivity index (χ3v) is 2.32. The summed E-state index contributed by atoms with van der Waals surface area (Å²) in [5.74, 6) is -3.76. The quantitative estimate of drug-likeness (QED) is 0.671. The summed E-state index contributed by atoms with van der Waals surface area (Å²) < 4.78 is 67.7. The number of nitrogens with one attached hydrogen (secondary N) is 1. The van der Waals surface area contributed by atoms with Crippen LogP contribution in [0.5, 0.6) is 0 Å². The summed E-state index contributed by atoms with van der Waals surface area (Å²) in [4.78, 5) is 11.6. The predicted molar refractivity (Wildman–Crippen MR) is 59.8 cm³/mol. The molecular weight excluding hydrogens is 285 g/mol. The van der Waals surface area contributed by atoms with Gasteiger partial charge in [0.25, 0.3) is 0 Å². The van der Waals surface area contributed by atoms with Crippen LogP contribution in [0.2, 0.25) is 0 Å². The van der Waals surface area contributed by atoms with Crippen LogP contribution in [0.4, 0.5) is 22.0 Å². The van der Waals surface area contributed by atoms with Gasteiger partial charge in [-0.15, -0.1) is 0 Å². The second kappa shape index (κ2) is 6.65. The van der Waals surface area contributed by atoms with Crippen molar-refractivity contribution in [2.24, 2.45) is 0 Å². The maximum atomic E-state index is 13.6. The van der Waals surface area contributed by atoms with Gasteiger partial charge in [-0.1, -0.05) is 12.1 Å². The Balaban J connectivity index is 3.03. The van der Waals surface area contributed by atoms with Crippen LogP contribution in [0.25, 0.3) is 0 Å². The SMILES string of the molecule is CCOC(=O)C(NCC(F)(F)F)c1cccc(F)c1F. The molecule has 0 aromatic heterocycles. The van der Waals surface area contributed by atoms with Crippen LogP contribution in [0.15, 0.2) is 18.2 Å². The normalized spacial score (nSPS) is 13.1. The Morgan fingerprint density at radius 3 is 2.55 bits per heavy atom. The minimum absolute atomic E-state index is 0.0973. The molecule has 0 radical (unpaired) electrons. The van der Waals surface area contributed by atoms with Crippen molar-refractivity contribution in [1.82, 2.24) is 5.32 Å². The zero-order valence-corrected chi connectivity index (χ0v) is 10.4. The van der Waals surface area contributed by atoms with Crippen LogP contribution in [0, 0.1) is 11.6 Å². The largest absolute Gasteiger partial charge is 0.465 e. The van der Waals surface area contributed by atoms with E-state index in [1.54, 1.807) is 0 Å². The van der Waals surface area contributed by atoms with Crippen LogP contribution in [0.1, 0.15) is 18.5 Å². The van der Waals surface area contributed by atoms with E-state index in [1.807, 2.05) is 5.32 Å². The Hall–Kier alpha value is -1.70. The zero-order valence-electron chi connectivity index (χ0n) is 10.4. The van der Waals surface area contributed by atoms with Crippen LogP contribution in [0.3, 0.4) is 0 Å². The molecule has 0 bridgehead atoms. The Kier molecular flexibility index (Phi) is 5.43. The van der Waals surface area contributed by atoms with Gasteiger partial charge in [-0.2, -0.15) is 13.2 Å². The van der Waals surface area contributed by atoms with Crippen LogP contribution >= 0.6 is 0 Å². The van der Waals surface area contributed by atoms with E-state index >= 15 is 0 Å². The Morgan fingerprint density at radius 2 is 2.00 bits per heavy atom. The van der Waals surface area contributed by atoms with E-state index in [9.17, 15) is 26.7 Å². The number of ether oxygens (including phenoxy) is 1. The van der Waals surface area contributed by atoms with Crippen LogP contribution in [-0.4, -0.2) is 25.3 Å². The molecule has 1 N–H and O–H groups in total. The lowest BCUT2D eigenvalue weighted by Gasteiger charge is -2.19. The van der Waals surface area contributed by atoms with E-state index in [2.05, 4.69) is 4.74 Å². The standard InChI is InChI=1S/C12H12F5NO2/c1-2-20-11(19)10(18-6-12(15,16)17)7-4-3-5-8(13)9(7)14/h3-5,10,18H,2,6H2,1H3. The summed E-state index contributed by atoms with van der Waals surface area (Å²) in [5, 5.41) is 1.82. The minimum Gasteiger partial charge on any atom is -0.465 e. The first-order chi connectivity index (χ1) is 9.26. The summed E-state index contributed by atoms with van der Waals surface area (Å²) in [6, 6.07) is 1.18. The number of carbonyl (C=O) groups excluding carboxylic acids is 1. The van der Waals surface area contributed by atoms with Gasteiger partial charge in [0, 0.05) is 5.56 Å². The Labute approximate surface area is 111 Å². The van der Waals surface area contributed by atoms with E-state index in [0.717, 1.165) is 18.2 Å². The molecular formula is C12H12F5NO2. The number of carbonyl (C=O) groups is 1. The highest BCUT2D eigenvalue weighted by Crippen LogP contribution is 2.22. The fraction of sp³-hybridized carbons (Fsp3) is 0.417. The number of hydrogen-bond acceptors (Lipinski definition) is 3. The fourth-order valence-electron chi connectivity index (χ4n) is 1.51. The lowest BCUT2D eigenvalue weighted by molar-refractivity contribution is -0.149. The van der Waals surface area contributed by atoms with Crippen LogP contribution < -0.4 is 5.32 Å². The number of alkyl halides is 3. The van der Waals surface area contributed by atoms with Crippen molar-refractivity contribution in [3.63, 3.8) is 0 Å². The molecule has 0 aliphatic carbocycles. The maximum Gasteiger partial charge on any atom is 0.401 e. The van der Waals surface area contributed by atoms with Crippen molar-refractivity contribution in [2.75, 3.05) is 13.2 Å². The highest BCUT2D eigenvalue weighted by Gasteiger charge is 2.33. The first-order valence-electron chi connectivity index (χ1n) is 5.67. The van der Waals surface area contributed by atoms with Crippen molar-refractivity contribution in [2.45, 2.75) is 19.1 Å². The molecule has 1 rings (SSSR count). The molecule has 8 heteroatoms. The lowest BCUT2D eigenvalue weighted by atomic mass is 10.1. The average molecular weight is 297 g/mol. The smallest absolute Gasteiger partial charge is 0.401 e. The summed E-state index contributed by atoms with van der Waals surface area (Å²) in [5.41, 5.74) is -0.535. The summed E-state index contributed by atoms with van der Waals surface area (Å²) >= 11 is 0. The number of rotatable bonds is 5. The van der Waals surface area contributed by atoms with E-state index in [1.165, 1.54) is 6.92 Å². The summed E-state index contributed by atoms with van der Waals surface area (Å²) in [6.45, 7) is -0.187. The molecule has 0 saturated carbocycles. The highest BCUT2D eigenvalue weighted by atomic mass is 19.4. The molecule has 1 aromatic rings. The summed E-state index contributed by atoms with van der Waals surface area (Å²) in [7, 11) is 0. The van der Waals surface area contributed by atoms with E-state index < -0.39 is 41.9 Å². The lowest BCUT2D eigenvalue weighted by Crippen LogP contribution is -2.37. The first-order valence-corrected chi connectivity index (χ1v) is 5.67. The van der Waals surface area contributed by atoms with E-state index in [4.69, 9.17) is 0 Å². The maximum absolute atomic E-state index is 13.6. The number of halogens is 5. The zero-order chi connectivity index (χ0) is 15.3. The molecule has 0 aliphatic rings. The molecule has 20 heavy (non-hydrogen) atoms. The van der Waals surface area contributed by atoms with Crippen LogP contribution in [-0.2, 0) is 9.53 Å². The highest BCUT2D eigenvalue weighted by molar-refractivity contribution is 5.77. The Bertz CT molecular complexity index is 475. The summed E-state index contributed by atoms with van der Waals surface area (Å²) in [6.07, 6.45) is -4.60. The molecule has 0 amide bonds. The van der Waals surface area contributed by atoms with Crippen molar-refractivity contribution in [3.05, 3.63) is 35.4 Å². The average Bonchev–Trinajstić information content (AvgIpc) is 2.33. The third kappa shape index (κ3) is 4.44. The van der Waals surface area contributed by atoms with Gasteiger partial charge in [-0.25, -0.2) is 13.6 Å². The topological polar surface area (TPSA) is 38.3 Å². The van der Waals surface area contributed by atoms with Gasteiger partial charge in [0.2, 0.25) is 0 Å². The van der Waals surface area contributed by atoms with Gasteiger partial charge < -0.3 is 4.74 Å². The van der Waals surface area contributed by atoms with Gasteiger partial charge in [0.05, 0.1) is 13.2 Å². The molecule has 0 saturated heterocycles. The minimum atomic E-state index is -4.60. The van der Waals surface area contributed by atoms with Gasteiger partial charge in [-0.3, -0.25) is 5.32 Å². The van der Waals surface area contributed by atoms with Gasteiger partial charge >= 0.3 is 12.1 Å². The van der Waals surface area contributed by atoms with Crippen molar-refractivity contribution in [3.8, 4) is 0 Å². The molecule has 3 nitrogen and oxygen atoms in total. The molecule has 0 aliphatic heterocycles. The number of benzene rings is 1. The molecule has 1 aromatic carbocycles. The van der Waals surface area contributed by atoms with Crippen molar-refractivity contribution < 1.29 is 31.5 Å². The second-order valence-electron chi connectivity index (χ2n) is 3.82. The molecule has 0 heterocycles. The van der Waals surface area contributed by atoms with Crippen molar-refractivity contribution in [1.29, 1.82) is 0 Å². The monoisotopic (exact) mass is 297 g/mol. The fourth-order valence-corrected chi connectivity index (χ4v) is 1.51. The predicted octanol–water partition coefficient (Wildman–Crippen LogP) is 2.72. The van der Waals surface area contributed by atoms with Gasteiger partial charge in [0.1, 0.15) is 6.04 Å². The molecule has 0 spiro atoms. The van der Waals surface area contributed by atoms with Gasteiger partial charge in [-0.05, 0) is 13.0 Å². The number of hydrogen-bond donors (Lipinski definition) is 1. The van der Waals surface area contributed by atoms with Crippen molar-refractivity contribution >= 4 is 5.97 Å². The van der Waals surface area contributed by atoms with Gasteiger partial charge in [0.15, 0.2) is 11.6 Å². The number of esters is 1. The van der Waals surface area contributed by atoms with E-state index in [-0.39, 0.29) is 6.61 Å². The molecule has 1 unspecified atom stereocenters. The third-order valence-electron chi connectivity index (χ3n) is 2.32. The molecule has 0 fully saturated rings. The Morgan fingerprint density at radius 1 is 1.35 bits per heavy atom. The first kappa shape index (κ1) is 16.4. The van der Waals surface area contributed by atoms with E-state index in [0.29, 0.717) is 0 Å².